The number of ether oxygens (including phenoxy) is 1. The third-order valence-corrected chi connectivity index (χ3v) is 3.35. The van der Waals surface area contributed by atoms with Gasteiger partial charge in [0, 0.05) is 19.7 Å². The molecule has 1 saturated carbocycles. The van der Waals surface area contributed by atoms with Gasteiger partial charge in [-0.25, -0.2) is 0 Å². The first kappa shape index (κ1) is 11.5. The van der Waals surface area contributed by atoms with E-state index in [1.165, 1.54) is 31.2 Å². The molecular formula is C12H21N3O. The molecule has 0 radical (unpaired) electrons. The summed E-state index contributed by atoms with van der Waals surface area (Å²) in [4.78, 5) is 0. The molecule has 4 heteroatoms. The second-order valence-electron chi connectivity index (χ2n) is 4.50. The third kappa shape index (κ3) is 2.21. The van der Waals surface area contributed by atoms with E-state index in [0.29, 0.717) is 12.7 Å². The summed E-state index contributed by atoms with van der Waals surface area (Å²) in [5, 5.41) is 7.58. The van der Waals surface area contributed by atoms with Crippen molar-refractivity contribution < 1.29 is 4.74 Å². The zero-order valence-electron chi connectivity index (χ0n) is 10.4. The van der Waals surface area contributed by atoms with Gasteiger partial charge in [-0.05, 0) is 19.8 Å². The van der Waals surface area contributed by atoms with E-state index in [0.717, 1.165) is 11.5 Å². The zero-order chi connectivity index (χ0) is 11.5. The Morgan fingerprint density at radius 1 is 1.44 bits per heavy atom. The predicted molar refractivity (Wildman–Crippen MR) is 64.5 cm³/mol. The fraction of sp³-hybridized carbons (Fsp3) is 0.750. The molecule has 1 aliphatic rings. The summed E-state index contributed by atoms with van der Waals surface area (Å²) in [6, 6.07) is 0. The van der Waals surface area contributed by atoms with Crippen molar-refractivity contribution in [2.45, 2.75) is 45.3 Å². The number of nitrogens with one attached hydrogen (secondary N) is 1. The van der Waals surface area contributed by atoms with E-state index in [1.54, 1.807) is 0 Å². The normalized spacial score (nSPS) is 16.9. The van der Waals surface area contributed by atoms with Gasteiger partial charge in [0.15, 0.2) is 0 Å². The van der Waals surface area contributed by atoms with Gasteiger partial charge in [0.2, 0.25) is 0 Å². The van der Waals surface area contributed by atoms with Crippen LogP contribution in [-0.2, 0) is 18.4 Å². The highest BCUT2D eigenvalue weighted by molar-refractivity contribution is 5.46. The number of anilines is 1. The molecule has 0 amide bonds. The first-order valence-electron chi connectivity index (χ1n) is 6.04. The Hall–Kier alpha value is -1.03. The molecule has 0 unspecified atom stereocenters. The monoisotopic (exact) mass is 223 g/mol. The minimum atomic E-state index is 0.462. The predicted octanol–water partition coefficient (Wildman–Crippen LogP) is 2.23. The number of aryl methyl sites for hydroxylation is 2. The molecule has 1 N–H and O–H groups in total. The van der Waals surface area contributed by atoms with E-state index in [4.69, 9.17) is 4.74 Å². The highest BCUT2D eigenvalue weighted by atomic mass is 16.5. The zero-order valence-corrected chi connectivity index (χ0v) is 10.4. The van der Waals surface area contributed by atoms with Crippen LogP contribution in [0.25, 0.3) is 0 Å². The second-order valence-corrected chi connectivity index (χ2v) is 4.50. The van der Waals surface area contributed by atoms with Gasteiger partial charge in [-0.3, -0.25) is 4.68 Å². The lowest BCUT2D eigenvalue weighted by atomic mass is 10.2. The van der Waals surface area contributed by atoms with Crippen LogP contribution in [0.3, 0.4) is 0 Å². The van der Waals surface area contributed by atoms with Gasteiger partial charge in [0.1, 0.15) is 5.82 Å². The number of hydrogen-bond donors (Lipinski definition) is 1. The number of hydrogen-bond acceptors (Lipinski definition) is 3. The van der Waals surface area contributed by atoms with E-state index in [1.807, 2.05) is 25.7 Å². The summed E-state index contributed by atoms with van der Waals surface area (Å²) in [5.41, 5.74) is 2.25. The van der Waals surface area contributed by atoms with Crippen molar-refractivity contribution in [2.75, 3.05) is 12.4 Å². The van der Waals surface area contributed by atoms with Crippen molar-refractivity contribution in [3.8, 4) is 0 Å². The SMILES string of the molecule is CNc1c(COC2CCCC2)c(C)nn1C. The summed E-state index contributed by atoms with van der Waals surface area (Å²) >= 11 is 0. The molecule has 2 rings (SSSR count). The van der Waals surface area contributed by atoms with Gasteiger partial charge < -0.3 is 10.1 Å². The van der Waals surface area contributed by atoms with Gasteiger partial charge >= 0.3 is 0 Å². The molecule has 1 fully saturated rings. The molecule has 1 aliphatic carbocycles. The van der Waals surface area contributed by atoms with Crippen LogP contribution in [0.5, 0.6) is 0 Å². The maximum atomic E-state index is 5.93. The smallest absolute Gasteiger partial charge is 0.129 e. The number of aromatic nitrogens is 2. The van der Waals surface area contributed by atoms with Crippen LogP contribution in [0.1, 0.15) is 36.9 Å². The van der Waals surface area contributed by atoms with Gasteiger partial charge in [-0.15, -0.1) is 0 Å². The largest absolute Gasteiger partial charge is 0.373 e. The minimum Gasteiger partial charge on any atom is -0.373 e. The van der Waals surface area contributed by atoms with Crippen LogP contribution in [0.15, 0.2) is 0 Å². The molecule has 0 spiro atoms. The number of rotatable bonds is 4. The van der Waals surface area contributed by atoms with Crippen molar-refractivity contribution in [3.05, 3.63) is 11.3 Å². The van der Waals surface area contributed by atoms with E-state index < -0.39 is 0 Å². The lowest BCUT2D eigenvalue weighted by Crippen LogP contribution is -2.09. The fourth-order valence-corrected chi connectivity index (χ4v) is 2.44. The average Bonchev–Trinajstić information content (AvgIpc) is 2.83. The molecule has 90 valence electrons. The van der Waals surface area contributed by atoms with Crippen molar-refractivity contribution in [1.29, 1.82) is 0 Å². The molecule has 4 nitrogen and oxygen atoms in total. The quantitative estimate of drug-likeness (QED) is 0.850. The topological polar surface area (TPSA) is 39.1 Å². The van der Waals surface area contributed by atoms with Gasteiger partial charge in [-0.1, -0.05) is 12.8 Å². The maximum absolute atomic E-state index is 5.93. The van der Waals surface area contributed by atoms with Crippen molar-refractivity contribution in [1.82, 2.24) is 9.78 Å². The molecule has 1 heterocycles. The first-order chi connectivity index (χ1) is 7.72. The molecule has 16 heavy (non-hydrogen) atoms. The average molecular weight is 223 g/mol. The van der Waals surface area contributed by atoms with E-state index in [-0.39, 0.29) is 0 Å². The highest BCUT2D eigenvalue weighted by Gasteiger charge is 2.18. The summed E-state index contributed by atoms with van der Waals surface area (Å²) in [6.07, 6.45) is 5.53. The van der Waals surface area contributed by atoms with Crippen LogP contribution < -0.4 is 5.32 Å². The second kappa shape index (κ2) is 4.87. The Morgan fingerprint density at radius 3 is 2.75 bits per heavy atom. The Bertz CT molecular complexity index is 353. The van der Waals surface area contributed by atoms with Crippen LogP contribution in [0, 0.1) is 6.92 Å². The molecular weight excluding hydrogens is 202 g/mol. The molecule has 1 aromatic rings. The molecule has 0 saturated heterocycles. The van der Waals surface area contributed by atoms with E-state index >= 15 is 0 Å². The molecule has 0 aromatic carbocycles. The lowest BCUT2D eigenvalue weighted by molar-refractivity contribution is 0.0457. The third-order valence-electron chi connectivity index (χ3n) is 3.35. The minimum absolute atomic E-state index is 0.462. The summed E-state index contributed by atoms with van der Waals surface area (Å²) < 4.78 is 7.81. The van der Waals surface area contributed by atoms with Crippen molar-refractivity contribution in [2.24, 2.45) is 7.05 Å². The first-order valence-corrected chi connectivity index (χ1v) is 6.04. The van der Waals surface area contributed by atoms with Gasteiger partial charge in [0.05, 0.1) is 18.4 Å². The van der Waals surface area contributed by atoms with Gasteiger partial charge in [0.25, 0.3) is 0 Å². The Kier molecular flexibility index (Phi) is 3.49. The standard InChI is InChI=1S/C12H21N3O/c1-9-11(12(13-2)15(3)14-9)8-16-10-6-4-5-7-10/h10,13H,4-8H2,1-3H3. The Labute approximate surface area is 97.0 Å². The van der Waals surface area contributed by atoms with Crippen LogP contribution >= 0.6 is 0 Å². The molecule has 0 aliphatic heterocycles. The van der Waals surface area contributed by atoms with Crippen LogP contribution in [-0.4, -0.2) is 22.9 Å². The highest BCUT2D eigenvalue weighted by Crippen LogP contribution is 2.25. The van der Waals surface area contributed by atoms with Crippen LogP contribution in [0.4, 0.5) is 5.82 Å². The maximum Gasteiger partial charge on any atom is 0.129 e. The Morgan fingerprint density at radius 2 is 2.12 bits per heavy atom. The number of nitrogens with zero attached hydrogens (tertiary/aromatic N) is 2. The molecule has 0 atom stereocenters. The van der Waals surface area contributed by atoms with Gasteiger partial charge in [-0.2, -0.15) is 5.10 Å². The van der Waals surface area contributed by atoms with E-state index in [9.17, 15) is 0 Å². The summed E-state index contributed by atoms with van der Waals surface area (Å²) in [7, 11) is 3.88. The Balaban J connectivity index is 2.02. The lowest BCUT2D eigenvalue weighted by Gasteiger charge is -2.12. The van der Waals surface area contributed by atoms with E-state index in [2.05, 4.69) is 10.4 Å². The van der Waals surface area contributed by atoms with Crippen molar-refractivity contribution >= 4 is 5.82 Å². The van der Waals surface area contributed by atoms with Crippen LogP contribution in [0.2, 0.25) is 0 Å². The van der Waals surface area contributed by atoms with Crippen molar-refractivity contribution in [3.63, 3.8) is 0 Å². The summed E-state index contributed by atoms with van der Waals surface area (Å²) in [5.74, 6) is 1.07. The molecule has 0 bridgehead atoms. The molecule has 1 aromatic heterocycles. The summed E-state index contributed by atoms with van der Waals surface area (Å²) in [6.45, 7) is 2.72. The fourth-order valence-electron chi connectivity index (χ4n) is 2.44.